The Labute approximate surface area is 44.0 Å². The summed E-state index contributed by atoms with van der Waals surface area (Å²) in [6.45, 7) is 0.667. The molecule has 0 radical (unpaired) electrons. The van der Waals surface area contributed by atoms with Crippen LogP contribution >= 0.6 is 0 Å². The number of aliphatic imine (C=N–C) groups is 1. The Kier molecular flexibility index (Phi) is 1.03. The molecule has 37 valence electrons. The number of hydrogen-bond acceptors (Lipinski definition) is 2. The molecule has 0 amide bonds. The molecule has 1 heterocycles. The zero-order valence-electron chi connectivity index (χ0n) is 3.03. The van der Waals surface area contributed by atoms with E-state index in [0.717, 1.165) is 4.54 Å². The third kappa shape index (κ3) is 0.671. The molecule has 1 rings (SSSR count). The maximum absolute atomic E-state index is 4.82. The van der Waals surface area contributed by atoms with Gasteiger partial charge in [-0.3, -0.25) is 0 Å². The number of nitrogens with zero attached hydrogens (tertiary/aromatic N) is 1. The van der Waals surface area contributed by atoms with Crippen molar-refractivity contribution in [1.82, 2.24) is 5.32 Å². The van der Waals surface area contributed by atoms with Gasteiger partial charge in [-0.2, -0.15) is 0 Å². The van der Waals surface area contributed by atoms with Crippen molar-refractivity contribution in [2.75, 3.05) is 6.54 Å². The molecule has 0 saturated carbocycles. The summed E-state index contributed by atoms with van der Waals surface area (Å²) in [4.78, 5) is 3.78. The van der Waals surface area contributed by atoms with Crippen LogP contribution in [0.5, 0.6) is 0 Å². The fourth-order valence-corrected chi connectivity index (χ4v) is 0.422. The number of nitrogens with one attached hydrogen (secondary N) is 1. The van der Waals surface area contributed by atoms with Crippen LogP contribution in [0.4, 0.5) is 0 Å². The quantitative estimate of drug-likeness (QED) is 0.432. The van der Waals surface area contributed by atoms with Gasteiger partial charge in [0.15, 0.2) is 0 Å². The molecule has 0 aromatic rings. The summed E-state index contributed by atoms with van der Waals surface area (Å²) in [6.07, 6.45) is 1.61. The van der Waals surface area contributed by atoms with Crippen LogP contribution in [0.2, 0.25) is 0 Å². The predicted octanol–water partition coefficient (Wildman–Crippen LogP) is -0.705. The molecule has 0 saturated heterocycles. The molecular weight excluding hydrogens is 128 g/mol. The van der Waals surface area contributed by atoms with Gasteiger partial charge in [-0.25, -0.2) is 0 Å². The molecule has 6 heavy (non-hydrogen) atoms. The molecule has 0 aromatic heterocycles. The van der Waals surface area contributed by atoms with E-state index < -0.39 is 0 Å². The fourth-order valence-electron chi connectivity index (χ4n) is 0.275. The Morgan fingerprint density at radius 3 is 3.00 bits per heavy atom. The van der Waals surface area contributed by atoms with E-state index >= 15 is 0 Å². The normalized spacial score (nSPS) is 18.7. The summed E-state index contributed by atoms with van der Waals surface area (Å²) in [5.74, 6) is 0. The topological polar surface area (TPSA) is 24.4 Å². The first-order valence-corrected chi connectivity index (χ1v) is 2.09. The van der Waals surface area contributed by atoms with E-state index in [4.69, 9.17) is 15.6 Å². The summed E-state index contributed by atoms with van der Waals surface area (Å²) >= 11 is 4.82. The van der Waals surface area contributed by atoms with Crippen molar-refractivity contribution >= 4 is 10.9 Å². The van der Waals surface area contributed by atoms with Gasteiger partial charge < -0.3 is 0 Å². The van der Waals surface area contributed by atoms with Crippen LogP contribution in [0, 0.1) is 0 Å². The molecule has 0 spiro atoms. The summed E-state index contributed by atoms with van der Waals surface area (Å²) in [7, 11) is 0. The second-order valence-corrected chi connectivity index (χ2v) is 1.54. The maximum atomic E-state index is 4.82. The van der Waals surface area contributed by atoms with Crippen molar-refractivity contribution in [2.24, 2.45) is 4.99 Å². The Balaban J connectivity index is 2.52. The summed E-state index contributed by atoms with van der Waals surface area (Å²) in [6, 6.07) is 0. The van der Waals surface area contributed by atoms with Gasteiger partial charge in [0.25, 0.3) is 0 Å². The first-order valence-electron chi connectivity index (χ1n) is 1.62. The number of rotatable bonds is 0. The third-order valence-corrected chi connectivity index (χ3v) is 0.804. The van der Waals surface area contributed by atoms with E-state index in [2.05, 4.69) is 10.3 Å². The van der Waals surface area contributed by atoms with E-state index in [1.54, 1.807) is 6.34 Å². The SMILES string of the molecule is [Cu]=[C]1CN=CN1. The third-order valence-electron chi connectivity index (χ3n) is 0.519. The number of hydrogen-bond donors (Lipinski definition) is 1. The molecule has 0 atom stereocenters. The second-order valence-electron chi connectivity index (χ2n) is 0.973. The van der Waals surface area contributed by atoms with Gasteiger partial charge in [0.2, 0.25) is 0 Å². The van der Waals surface area contributed by atoms with E-state index in [9.17, 15) is 0 Å². The van der Waals surface area contributed by atoms with Crippen LogP contribution in [-0.2, 0) is 15.6 Å². The van der Waals surface area contributed by atoms with Gasteiger partial charge >= 0.3 is 43.3 Å². The van der Waals surface area contributed by atoms with Crippen molar-refractivity contribution in [2.45, 2.75) is 0 Å². The van der Waals surface area contributed by atoms with Crippen molar-refractivity contribution in [3.8, 4) is 0 Å². The molecule has 0 bridgehead atoms. The fraction of sp³-hybridized carbons (Fsp3) is 0.333. The van der Waals surface area contributed by atoms with Crippen molar-refractivity contribution in [3.05, 3.63) is 0 Å². The van der Waals surface area contributed by atoms with Crippen molar-refractivity contribution in [3.63, 3.8) is 0 Å². The van der Waals surface area contributed by atoms with Gasteiger partial charge in [0.05, 0.1) is 0 Å². The van der Waals surface area contributed by atoms with Crippen LogP contribution in [0.25, 0.3) is 0 Å². The first-order chi connectivity index (χ1) is 2.89. The summed E-state index contributed by atoms with van der Waals surface area (Å²) < 4.78 is 0.794. The van der Waals surface area contributed by atoms with Crippen LogP contribution < -0.4 is 5.32 Å². The summed E-state index contributed by atoms with van der Waals surface area (Å²) in [5, 5.41) is 2.75. The molecule has 1 aliphatic rings. The summed E-state index contributed by atoms with van der Waals surface area (Å²) in [5.41, 5.74) is 0. The molecule has 0 fully saturated rings. The van der Waals surface area contributed by atoms with Crippen LogP contribution in [-0.4, -0.2) is 17.4 Å². The molecule has 0 unspecified atom stereocenters. The molecule has 1 N–H and O–H groups in total. The average Bonchev–Trinajstić information content (AvgIpc) is 1.86. The van der Waals surface area contributed by atoms with E-state index in [-0.39, 0.29) is 0 Å². The standard InChI is InChI=1S/C3H4N2.Cu/c1-2-5-3-4-1;/h3H,1H2,(H,4,5);. The zero-order valence-corrected chi connectivity index (χ0v) is 3.97. The van der Waals surface area contributed by atoms with Gasteiger partial charge in [-0.15, -0.1) is 0 Å². The zero-order chi connectivity index (χ0) is 4.41. The Hall–Kier alpha value is -0.141. The first kappa shape index (κ1) is 4.03. The molecule has 0 aromatic carbocycles. The average molecular weight is 132 g/mol. The Morgan fingerprint density at radius 2 is 2.83 bits per heavy atom. The van der Waals surface area contributed by atoms with Gasteiger partial charge in [-0.05, 0) is 0 Å². The van der Waals surface area contributed by atoms with Gasteiger partial charge in [-0.1, -0.05) is 0 Å². The van der Waals surface area contributed by atoms with E-state index in [1.165, 1.54) is 0 Å². The van der Waals surface area contributed by atoms with Crippen molar-refractivity contribution < 1.29 is 15.6 Å². The minimum absolute atomic E-state index is 0.667. The van der Waals surface area contributed by atoms with Crippen LogP contribution in [0.15, 0.2) is 4.99 Å². The van der Waals surface area contributed by atoms with Gasteiger partial charge in [0.1, 0.15) is 0 Å². The van der Waals surface area contributed by atoms with Crippen LogP contribution in [0.3, 0.4) is 0 Å². The van der Waals surface area contributed by atoms with E-state index in [0.29, 0.717) is 6.54 Å². The molecule has 0 aliphatic carbocycles. The van der Waals surface area contributed by atoms with Crippen LogP contribution in [0.1, 0.15) is 0 Å². The minimum atomic E-state index is 0.667. The Morgan fingerprint density at radius 1 is 2.00 bits per heavy atom. The predicted molar refractivity (Wildman–Crippen MR) is 21.5 cm³/mol. The second kappa shape index (κ2) is 1.54. The van der Waals surface area contributed by atoms with E-state index in [1.807, 2.05) is 0 Å². The van der Waals surface area contributed by atoms with Gasteiger partial charge in [0, 0.05) is 0 Å². The molecule has 3 heteroatoms. The molecular formula is C3H4CuN2. The molecule has 2 nitrogen and oxygen atoms in total. The van der Waals surface area contributed by atoms with Crippen molar-refractivity contribution in [1.29, 1.82) is 0 Å². The molecule has 1 aliphatic heterocycles. The Bertz CT molecular complexity index is 87.0. The monoisotopic (exact) mass is 131 g/mol.